The molecule has 0 spiro atoms. The molecule has 22 heteroatoms. The number of oxazole rings is 1. The second-order valence-corrected chi connectivity index (χ2v) is 23.7. The van der Waals surface area contributed by atoms with Crippen molar-refractivity contribution in [3.05, 3.63) is 59.9 Å². The molecule has 2 fully saturated rings. The molecule has 3 aliphatic rings. The number of alkyl halides is 3. The van der Waals surface area contributed by atoms with Gasteiger partial charge >= 0.3 is 12.1 Å². The van der Waals surface area contributed by atoms with Crippen molar-refractivity contribution in [2.24, 2.45) is 11.3 Å². The number of nitrogens with zero attached hydrogens (tertiary/aromatic N) is 7. The highest BCUT2D eigenvalue weighted by Crippen LogP contribution is 2.43. The van der Waals surface area contributed by atoms with Crippen molar-refractivity contribution in [2.45, 2.75) is 127 Å². The van der Waals surface area contributed by atoms with Gasteiger partial charge in [-0.2, -0.15) is 13.2 Å². The number of cyclic esters (lactones) is 1. The van der Waals surface area contributed by atoms with Gasteiger partial charge in [0.25, 0.3) is 11.8 Å². The van der Waals surface area contributed by atoms with E-state index < -0.39 is 87.6 Å². The molecule has 1 aromatic carbocycles. The molecule has 3 aromatic heterocycles. The number of hydrazine groups is 1. The van der Waals surface area contributed by atoms with Gasteiger partial charge in [-0.3, -0.25) is 38.9 Å². The van der Waals surface area contributed by atoms with Crippen molar-refractivity contribution in [1.29, 1.82) is 0 Å². The van der Waals surface area contributed by atoms with Crippen LogP contribution in [-0.4, -0.2) is 168 Å². The minimum Gasteiger partial charge on any atom is -0.464 e. The largest absolute Gasteiger partial charge is 0.464 e. The number of pyridine rings is 1. The third-order valence-electron chi connectivity index (χ3n) is 14.5. The molecule has 75 heavy (non-hydrogen) atoms. The molecule has 6 heterocycles. The number of hydrogen-bond donors (Lipinski definition) is 2. The number of rotatable bonds is 10. The van der Waals surface area contributed by atoms with Crippen molar-refractivity contribution in [1.82, 2.24) is 45.0 Å². The Kier molecular flexibility index (Phi) is 16.4. The third kappa shape index (κ3) is 12.2. The van der Waals surface area contributed by atoms with Gasteiger partial charge in [-0.15, -0.1) is 0 Å². The van der Waals surface area contributed by atoms with E-state index >= 15 is 0 Å². The first-order valence-corrected chi connectivity index (χ1v) is 26.0. The van der Waals surface area contributed by atoms with Crippen LogP contribution in [0.5, 0.6) is 0 Å². The van der Waals surface area contributed by atoms with Gasteiger partial charge in [0.05, 0.1) is 57.5 Å². The zero-order valence-corrected chi connectivity index (χ0v) is 46.5. The first kappa shape index (κ1) is 56.9. The van der Waals surface area contributed by atoms with Crippen LogP contribution in [0.4, 0.5) is 13.2 Å². The van der Waals surface area contributed by atoms with Gasteiger partial charge in [0.1, 0.15) is 23.8 Å². The number of amides is 4. The average molecular weight is 1070 g/mol. The maximum absolute atomic E-state index is 14.8. The standard InChI is InChI=1S/C53H66F3N9O8Si2/c1-31(2)43(62(10)47(69)51(74)20-23-63(28-51)41(66)17-19-50(6,7)61(8)9)45(67)59-37-25-40-58-27-39(73-40)33-15-16-38-35(24-33)36(26-49(4,5)30-72-48(70)52(75)18-13-22-65(60-52)46(37)68)44(64(38)29-53(54,55)56)34-14-12-21-57-42(34)32(3)71-11/h12,14-16,21,24,27,31-32,37,43,60H,13,18,20,22-23,25-26,28-30H2,1-11H3,(H,59,67)/t32-,37-,43-,51?,52-/m0/s1. The lowest BCUT2D eigenvalue weighted by Gasteiger charge is -2.41. The molecule has 3 aliphatic heterocycles. The number of carbonyl (C=O) groups is 5. The van der Waals surface area contributed by atoms with E-state index in [1.165, 1.54) is 39.7 Å². The predicted molar refractivity (Wildman–Crippen MR) is 275 cm³/mol. The van der Waals surface area contributed by atoms with Crippen LogP contribution in [0.3, 0.4) is 0 Å². The minimum atomic E-state index is -4.63. The quantitative estimate of drug-likeness (QED) is 0.121. The zero-order chi connectivity index (χ0) is 55.2. The Morgan fingerprint density at radius 3 is 2.44 bits per heavy atom. The van der Waals surface area contributed by atoms with Gasteiger partial charge in [0, 0.05) is 77.7 Å². The van der Waals surface area contributed by atoms with Crippen molar-refractivity contribution in [2.75, 3.05) is 54.5 Å². The molecule has 5 atom stereocenters. The number of fused-ring (bicyclic) bond motifs is 6. The SMILES string of the molecule is CO[C@@H](C)c1ncccc1-c1c2c3cc(ccc3n1CC(F)(F)F)-c1cnc(o1)C[C@H](NC(=O)[C@H](C(C)C)N(C)C(=O)C1([Si])CCN(C(=O)C#CC(C)(C)N(C)C)C1)C(=O)N1CCC[C@@]([Si])(N1)C(=O)OCC(C)(C)C2. The van der Waals surface area contributed by atoms with Crippen molar-refractivity contribution >= 4 is 61.0 Å². The number of aromatic nitrogens is 3. The Labute approximate surface area is 442 Å². The minimum absolute atomic E-state index is 0.00555. The summed E-state index contributed by atoms with van der Waals surface area (Å²) in [4.78, 5) is 85.2. The summed E-state index contributed by atoms with van der Waals surface area (Å²) in [6.07, 6.45) is -1.58. The van der Waals surface area contributed by atoms with Gasteiger partial charge in [-0.05, 0) is 108 Å². The number of nitrogens with one attached hydrogen (secondary N) is 2. The molecule has 0 aliphatic carbocycles. The molecule has 7 rings (SSSR count). The number of benzene rings is 1. The maximum Gasteiger partial charge on any atom is 0.406 e. The van der Waals surface area contributed by atoms with Crippen LogP contribution in [0.25, 0.3) is 33.5 Å². The number of methoxy groups -OCH3 is 1. The van der Waals surface area contributed by atoms with E-state index in [-0.39, 0.29) is 74.8 Å². The van der Waals surface area contributed by atoms with Crippen LogP contribution in [0.15, 0.2) is 47.1 Å². The smallest absolute Gasteiger partial charge is 0.406 e. The number of carbonyl (C=O) groups excluding carboxylic acids is 5. The fourth-order valence-corrected chi connectivity index (χ4v) is 10.7. The second-order valence-electron chi connectivity index (χ2n) is 21.9. The van der Waals surface area contributed by atoms with Gasteiger partial charge < -0.3 is 33.6 Å². The molecule has 17 nitrogen and oxygen atoms in total. The number of hydrogen-bond acceptors (Lipinski definition) is 12. The molecule has 400 valence electrons. The number of halogens is 3. The molecule has 2 N–H and O–H groups in total. The molecule has 4 aromatic rings. The highest BCUT2D eigenvalue weighted by atomic mass is 28.1. The fraction of sp³-hybridized carbons (Fsp3) is 0.566. The zero-order valence-electron chi connectivity index (χ0n) is 44.5. The van der Waals surface area contributed by atoms with Crippen LogP contribution >= 0.6 is 0 Å². The summed E-state index contributed by atoms with van der Waals surface area (Å²) in [5.41, 5.74) is 3.99. The summed E-state index contributed by atoms with van der Waals surface area (Å²) in [6.45, 7) is 11.7. The molecule has 6 radical (unpaired) electrons. The third-order valence-corrected chi connectivity index (χ3v) is 15.7. The first-order valence-electron chi connectivity index (χ1n) is 25.0. The Hall–Kier alpha value is -5.87. The van der Waals surface area contributed by atoms with E-state index in [1.54, 1.807) is 57.3 Å². The topological polar surface area (TPSA) is 185 Å². The Morgan fingerprint density at radius 2 is 1.77 bits per heavy atom. The number of ether oxygens (including phenoxy) is 2. The van der Waals surface area contributed by atoms with Gasteiger partial charge in [0.15, 0.2) is 11.7 Å². The van der Waals surface area contributed by atoms with Crippen LogP contribution in [0.2, 0.25) is 5.04 Å². The van der Waals surface area contributed by atoms with Gasteiger partial charge in [-0.1, -0.05) is 33.6 Å². The second kappa shape index (κ2) is 21.6. The summed E-state index contributed by atoms with van der Waals surface area (Å²) in [5, 5.41) is 1.76. The highest BCUT2D eigenvalue weighted by molar-refractivity contribution is 6.29. The lowest BCUT2D eigenvalue weighted by molar-refractivity contribution is -0.158. The molecular weight excluding hydrogens is 1000 g/mol. The van der Waals surface area contributed by atoms with E-state index in [1.807, 2.05) is 46.7 Å². The first-order chi connectivity index (χ1) is 35.0. The van der Waals surface area contributed by atoms with Gasteiger partial charge in [0.2, 0.25) is 11.8 Å². The molecule has 6 bridgehead atoms. The van der Waals surface area contributed by atoms with Crippen molar-refractivity contribution < 1.29 is 51.0 Å². The number of likely N-dealkylation sites (N-methyl/N-ethyl adjacent to an activating group) is 1. The molecule has 4 amide bonds. The van der Waals surface area contributed by atoms with E-state index in [0.29, 0.717) is 34.2 Å². The molecule has 1 unspecified atom stereocenters. The monoisotopic (exact) mass is 1070 g/mol. The summed E-state index contributed by atoms with van der Waals surface area (Å²) < 4.78 is 63.4. The van der Waals surface area contributed by atoms with Crippen molar-refractivity contribution in [3.63, 3.8) is 0 Å². The Morgan fingerprint density at radius 1 is 1.05 bits per heavy atom. The van der Waals surface area contributed by atoms with Crippen LogP contribution < -0.4 is 10.7 Å². The van der Waals surface area contributed by atoms with E-state index in [0.717, 1.165) is 0 Å². The summed E-state index contributed by atoms with van der Waals surface area (Å²) in [5.74, 6) is 2.59. The van der Waals surface area contributed by atoms with E-state index in [2.05, 4.69) is 53.0 Å². The van der Waals surface area contributed by atoms with Gasteiger partial charge in [-0.25, -0.2) is 10.4 Å². The average Bonchev–Trinajstić information content (AvgIpc) is 4.06. The van der Waals surface area contributed by atoms with E-state index in [4.69, 9.17) is 13.9 Å². The number of likely N-dealkylation sites (tertiary alicyclic amines) is 1. The van der Waals surface area contributed by atoms with Crippen LogP contribution in [0, 0.1) is 23.2 Å². The maximum atomic E-state index is 14.8. The lowest BCUT2D eigenvalue weighted by Crippen LogP contribution is -2.67. The Balaban J connectivity index is 1.27. The molecule has 2 saturated heterocycles. The van der Waals surface area contributed by atoms with Crippen molar-refractivity contribution in [3.8, 4) is 34.4 Å². The lowest BCUT2D eigenvalue weighted by atomic mass is 9.84. The molecular formula is C53H66F3N9O8Si2. The summed E-state index contributed by atoms with van der Waals surface area (Å²) >= 11 is 0. The Bertz CT molecular complexity index is 2910. The van der Waals surface area contributed by atoms with E-state index in [9.17, 15) is 37.1 Å². The predicted octanol–water partition coefficient (Wildman–Crippen LogP) is 5.16. The van der Waals surface area contributed by atoms with Crippen LogP contribution in [0.1, 0.15) is 91.0 Å². The number of esters is 1. The fourth-order valence-electron chi connectivity index (χ4n) is 9.83. The summed E-state index contributed by atoms with van der Waals surface area (Å²) in [6, 6.07) is 5.85. The molecule has 0 saturated carbocycles. The summed E-state index contributed by atoms with van der Waals surface area (Å²) in [7, 11) is 14.0. The van der Waals surface area contributed by atoms with Crippen LogP contribution in [-0.2, 0) is 52.8 Å². The highest BCUT2D eigenvalue weighted by Gasteiger charge is 2.48. The normalized spacial score (nSPS) is 22.3.